The van der Waals surface area contributed by atoms with Gasteiger partial charge in [0.1, 0.15) is 6.33 Å². The van der Waals surface area contributed by atoms with Crippen molar-refractivity contribution < 1.29 is 0 Å². The molecule has 0 saturated heterocycles. The number of hydrogen-bond donors (Lipinski definition) is 0. The Morgan fingerprint density at radius 3 is 1.24 bits per heavy atom. The van der Waals surface area contributed by atoms with Crippen LogP contribution in [0.4, 0.5) is 34.1 Å². The zero-order valence-corrected chi connectivity index (χ0v) is 32.9. The van der Waals surface area contributed by atoms with Gasteiger partial charge in [0.15, 0.2) is 0 Å². The van der Waals surface area contributed by atoms with Gasteiger partial charge < -0.3 is 14.4 Å². The second kappa shape index (κ2) is 15.3. The summed E-state index contributed by atoms with van der Waals surface area (Å²) in [7, 11) is 0. The van der Waals surface area contributed by atoms with Gasteiger partial charge in [0.2, 0.25) is 0 Å². The molecule has 5 nitrogen and oxygen atoms in total. The summed E-state index contributed by atoms with van der Waals surface area (Å²) in [6.07, 6.45) is 5.27. The molecule has 0 bridgehead atoms. The molecule has 0 aliphatic rings. The molecule has 10 rings (SSSR count). The number of fused-ring (bicyclic) bond motifs is 3. The molecule has 0 N–H and O–H groups in total. The number of hydrogen-bond acceptors (Lipinski definition) is 4. The lowest BCUT2D eigenvalue weighted by atomic mass is 9.95. The normalized spacial score (nSPS) is 11.2. The lowest BCUT2D eigenvalue weighted by Gasteiger charge is -2.26. The molecule has 2 aromatic heterocycles. The van der Waals surface area contributed by atoms with E-state index in [1.165, 1.54) is 33.0 Å². The van der Waals surface area contributed by atoms with E-state index >= 15 is 0 Å². The van der Waals surface area contributed by atoms with E-state index in [0.717, 1.165) is 62.0 Å². The van der Waals surface area contributed by atoms with Crippen molar-refractivity contribution in [1.82, 2.24) is 14.5 Å². The van der Waals surface area contributed by atoms with Crippen LogP contribution >= 0.6 is 0 Å². The van der Waals surface area contributed by atoms with E-state index in [-0.39, 0.29) is 0 Å². The average molecular weight is 760 g/mol. The second-order valence-electron chi connectivity index (χ2n) is 14.9. The fourth-order valence-corrected chi connectivity index (χ4v) is 8.38. The van der Waals surface area contributed by atoms with Crippen LogP contribution in [0.15, 0.2) is 213 Å². The van der Waals surface area contributed by atoms with E-state index in [1.54, 1.807) is 6.33 Å². The molecule has 0 aliphatic heterocycles. The zero-order valence-electron chi connectivity index (χ0n) is 32.9. The number of rotatable bonds is 9. The van der Waals surface area contributed by atoms with E-state index in [0.29, 0.717) is 0 Å². The highest BCUT2D eigenvalue weighted by Gasteiger charge is 2.21. The van der Waals surface area contributed by atoms with E-state index < -0.39 is 0 Å². The molecule has 0 fully saturated rings. The molecule has 0 unspecified atom stereocenters. The van der Waals surface area contributed by atoms with Crippen LogP contribution in [-0.4, -0.2) is 14.5 Å². The zero-order chi connectivity index (χ0) is 39.7. The van der Waals surface area contributed by atoms with Crippen LogP contribution in [0.5, 0.6) is 0 Å². The maximum Gasteiger partial charge on any atom is 0.115 e. The molecule has 0 saturated carbocycles. The summed E-state index contributed by atoms with van der Waals surface area (Å²) in [6.45, 7) is 4.45. The van der Waals surface area contributed by atoms with Gasteiger partial charge in [0.25, 0.3) is 0 Å². The van der Waals surface area contributed by atoms with E-state index in [9.17, 15) is 0 Å². The van der Waals surface area contributed by atoms with Crippen molar-refractivity contribution in [2.45, 2.75) is 13.8 Å². The molecular weight excluding hydrogens is 719 g/mol. The van der Waals surface area contributed by atoms with Crippen molar-refractivity contribution in [1.29, 1.82) is 0 Å². The molecule has 59 heavy (non-hydrogen) atoms. The van der Waals surface area contributed by atoms with Gasteiger partial charge in [-0.2, -0.15) is 0 Å². The summed E-state index contributed by atoms with van der Waals surface area (Å²) in [5.41, 5.74) is 17.0. The first-order valence-electron chi connectivity index (χ1n) is 20.0. The van der Waals surface area contributed by atoms with Crippen LogP contribution in [0.25, 0.3) is 49.7 Å². The molecule has 282 valence electrons. The van der Waals surface area contributed by atoms with Gasteiger partial charge in [0, 0.05) is 68.5 Å². The molecule has 0 radical (unpaired) electrons. The Morgan fingerprint density at radius 2 is 0.797 bits per heavy atom. The largest absolute Gasteiger partial charge is 0.310 e. The van der Waals surface area contributed by atoms with Gasteiger partial charge in [-0.25, -0.2) is 9.97 Å². The first kappa shape index (κ1) is 35.6. The number of para-hydroxylation sites is 4. The summed E-state index contributed by atoms with van der Waals surface area (Å²) in [5.74, 6) is 0. The molecule has 0 atom stereocenters. The Kier molecular flexibility index (Phi) is 9.24. The highest BCUT2D eigenvalue weighted by Crippen LogP contribution is 2.43. The van der Waals surface area contributed by atoms with Crippen molar-refractivity contribution in [3.8, 4) is 27.9 Å². The highest BCUT2D eigenvalue weighted by molar-refractivity contribution is 6.12. The topological polar surface area (TPSA) is 37.2 Å². The maximum atomic E-state index is 4.21. The maximum absolute atomic E-state index is 4.21. The van der Waals surface area contributed by atoms with Crippen LogP contribution in [-0.2, 0) is 0 Å². The number of aryl methyl sites for hydroxylation is 2. The number of benzene rings is 8. The number of aromatic nitrogens is 3. The van der Waals surface area contributed by atoms with Crippen LogP contribution in [0.3, 0.4) is 0 Å². The van der Waals surface area contributed by atoms with Crippen LogP contribution in [0.1, 0.15) is 11.1 Å². The van der Waals surface area contributed by atoms with Crippen molar-refractivity contribution in [3.05, 3.63) is 224 Å². The molecule has 5 heteroatoms. The quantitative estimate of drug-likeness (QED) is 0.147. The Bertz CT molecular complexity index is 2820. The minimum absolute atomic E-state index is 1.01. The summed E-state index contributed by atoms with van der Waals surface area (Å²) < 4.78 is 2.45. The SMILES string of the molecule is Cc1cc(-n2c3ccc(N(c4ccccc4)c4ccccc4)cc3c3cc(N(c4ccccc4)c4ccccc4)ccc32)c(C)cc1-c1ccc(-c2cncnc2)cc1. The van der Waals surface area contributed by atoms with E-state index in [4.69, 9.17) is 0 Å². The lowest BCUT2D eigenvalue weighted by Crippen LogP contribution is -2.09. The minimum Gasteiger partial charge on any atom is -0.310 e. The summed E-state index contributed by atoms with van der Waals surface area (Å²) >= 11 is 0. The van der Waals surface area contributed by atoms with Gasteiger partial charge in [-0.3, -0.25) is 0 Å². The summed E-state index contributed by atoms with van der Waals surface area (Å²) in [5, 5.41) is 2.36. The summed E-state index contributed by atoms with van der Waals surface area (Å²) in [6, 6.07) is 69.7. The molecular formula is C54H41N5. The van der Waals surface area contributed by atoms with Gasteiger partial charge >= 0.3 is 0 Å². The third-order valence-corrected chi connectivity index (χ3v) is 11.2. The fraction of sp³-hybridized carbons (Fsp3) is 0.0370. The molecule has 0 spiro atoms. The molecule has 2 heterocycles. The van der Waals surface area contributed by atoms with Crippen molar-refractivity contribution >= 4 is 55.9 Å². The van der Waals surface area contributed by atoms with E-state index in [1.807, 2.05) is 12.4 Å². The van der Waals surface area contributed by atoms with Gasteiger partial charge in [0.05, 0.1) is 11.0 Å². The Hall–Kier alpha value is -7.76. The Labute approximate surface area is 344 Å². The number of anilines is 6. The second-order valence-corrected chi connectivity index (χ2v) is 14.9. The van der Waals surface area contributed by atoms with E-state index in [2.05, 4.69) is 232 Å². The highest BCUT2D eigenvalue weighted by atomic mass is 15.1. The standard InChI is InChI=1S/C54H41N5/c1-38-32-54(39(2)31-49(38)41-25-23-40(24-26-41)42-35-55-37-56-36-42)59-52-29-27-47(57(43-15-7-3-8-16-43)44-17-9-4-10-18-44)33-50(52)51-34-48(28-30-53(51)59)58(45-19-11-5-12-20-45)46-21-13-6-14-22-46/h3-37H,1-2H3. The predicted molar refractivity (Wildman–Crippen MR) is 246 cm³/mol. The molecule has 0 aliphatic carbocycles. The lowest BCUT2D eigenvalue weighted by molar-refractivity contribution is 1.14. The van der Waals surface area contributed by atoms with Crippen LogP contribution in [0, 0.1) is 13.8 Å². The summed E-state index contributed by atoms with van der Waals surface area (Å²) in [4.78, 5) is 13.1. The number of nitrogens with zero attached hydrogens (tertiary/aromatic N) is 5. The monoisotopic (exact) mass is 759 g/mol. The van der Waals surface area contributed by atoms with Gasteiger partial charge in [-0.05, 0) is 139 Å². The minimum atomic E-state index is 1.01. The van der Waals surface area contributed by atoms with Gasteiger partial charge in [-0.15, -0.1) is 0 Å². The first-order chi connectivity index (χ1) is 29.1. The van der Waals surface area contributed by atoms with Crippen molar-refractivity contribution in [3.63, 3.8) is 0 Å². The molecule has 0 amide bonds. The average Bonchev–Trinajstić information content (AvgIpc) is 3.62. The van der Waals surface area contributed by atoms with Crippen molar-refractivity contribution in [2.24, 2.45) is 0 Å². The first-order valence-corrected chi connectivity index (χ1v) is 20.0. The van der Waals surface area contributed by atoms with Crippen LogP contribution in [0.2, 0.25) is 0 Å². The molecule has 10 aromatic rings. The predicted octanol–water partition coefficient (Wildman–Crippen LogP) is 14.5. The third kappa shape index (κ3) is 6.69. The van der Waals surface area contributed by atoms with Gasteiger partial charge in [-0.1, -0.05) is 97.1 Å². The Balaban J connectivity index is 1.17. The van der Waals surface area contributed by atoms with Crippen molar-refractivity contribution in [2.75, 3.05) is 9.80 Å². The Morgan fingerprint density at radius 1 is 0.373 bits per heavy atom. The third-order valence-electron chi connectivity index (χ3n) is 11.2. The van der Waals surface area contributed by atoms with Crippen LogP contribution < -0.4 is 9.80 Å². The smallest absolute Gasteiger partial charge is 0.115 e. The molecule has 8 aromatic carbocycles. The fourth-order valence-electron chi connectivity index (χ4n) is 8.38.